The molecule has 1 aliphatic heterocycles. The Hall–Kier alpha value is -0.760. The Kier molecular flexibility index (Phi) is 1.69. The highest BCUT2D eigenvalue weighted by molar-refractivity contribution is 8.14. The fourth-order valence-corrected chi connectivity index (χ4v) is 3.03. The number of hydrogen-bond acceptors (Lipinski definition) is 2. The van der Waals surface area contributed by atoms with Gasteiger partial charge in [-0.15, -0.1) is 11.8 Å². The number of nitrogens with zero attached hydrogens (tertiary/aromatic N) is 1. The molecule has 1 atom stereocenters. The SMILES string of the molecule is c1ccc2c(c1)CC2C1=NCCS1. The molecule has 0 saturated heterocycles. The molecule has 3 rings (SSSR count). The monoisotopic (exact) mass is 189 g/mol. The number of thioether (sulfide) groups is 1. The van der Waals surface area contributed by atoms with E-state index in [4.69, 9.17) is 0 Å². The summed E-state index contributed by atoms with van der Waals surface area (Å²) in [5.41, 5.74) is 3.03. The second-order valence-corrected chi connectivity index (χ2v) is 4.64. The largest absolute Gasteiger partial charge is 0.281 e. The third-order valence-electron chi connectivity index (χ3n) is 2.76. The minimum absolute atomic E-state index is 0.642. The van der Waals surface area contributed by atoms with E-state index < -0.39 is 0 Å². The summed E-state index contributed by atoms with van der Waals surface area (Å²) in [5, 5.41) is 1.37. The van der Waals surface area contributed by atoms with Gasteiger partial charge in [0.25, 0.3) is 0 Å². The Balaban J connectivity index is 1.92. The highest BCUT2D eigenvalue weighted by Gasteiger charge is 2.31. The molecule has 1 aromatic carbocycles. The van der Waals surface area contributed by atoms with E-state index in [1.165, 1.54) is 28.3 Å². The van der Waals surface area contributed by atoms with E-state index in [1.54, 1.807) is 0 Å². The molecule has 0 fully saturated rings. The normalized spacial score (nSPS) is 24.9. The van der Waals surface area contributed by atoms with E-state index in [2.05, 4.69) is 29.3 Å². The van der Waals surface area contributed by atoms with Crippen LogP contribution >= 0.6 is 11.8 Å². The molecule has 2 aliphatic rings. The van der Waals surface area contributed by atoms with Crippen LogP contribution in [0.1, 0.15) is 17.0 Å². The number of hydrogen-bond donors (Lipinski definition) is 0. The van der Waals surface area contributed by atoms with Crippen LogP contribution in [0.4, 0.5) is 0 Å². The van der Waals surface area contributed by atoms with Crippen LogP contribution in [-0.2, 0) is 6.42 Å². The van der Waals surface area contributed by atoms with E-state index in [-0.39, 0.29) is 0 Å². The molecule has 0 amide bonds. The Morgan fingerprint density at radius 2 is 2.23 bits per heavy atom. The average Bonchev–Trinajstić information content (AvgIpc) is 2.60. The molecule has 1 unspecified atom stereocenters. The lowest BCUT2D eigenvalue weighted by Crippen LogP contribution is -2.22. The number of aliphatic imine (C=N–C) groups is 1. The van der Waals surface area contributed by atoms with Crippen LogP contribution in [0.25, 0.3) is 0 Å². The summed E-state index contributed by atoms with van der Waals surface area (Å²) < 4.78 is 0. The fraction of sp³-hybridized carbons (Fsp3) is 0.364. The number of rotatable bonds is 1. The first-order valence-electron chi connectivity index (χ1n) is 4.70. The fourth-order valence-electron chi connectivity index (χ4n) is 2.04. The molecule has 0 N–H and O–H groups in total. The second kappa shape index (κ2) is 2.88. The van der Waals surface area contributed by atoms with E-state index in [0.717, 1.165) is 6.54 Å². The highest BCUT2D eigenvalue weighted by atomic mass is 32.2. The van der Waals surface area contributed by atoms with E-state index in [0.29, 0.717) is 5.92 Å². The molecule has 0 radical (unpaired) electrons. The molecule has 1 aliphatic carbocycles. The van der Waals surface area contributed by atoms with Crippen molar-refractivity contribution < 1.29 is 0 Å². The van der Waals surface area contributed by atoms with Crippen molar-refractivity contribution in [1.29, 1.82) is 0 Å². The quantitative estimate of drug-likeness (QED) is 0.661. The lowest BCUT2D eigenvalue weighted by molar-refractivity contribution is 0.775. The molecule has 2 heteroatoms. The molecule has 1 heterocycles. The number of benzene rings is 1. The third-order valence-corrected chi connectivity index (χ3v) is 3.86. The van der Waals surface area contributed by atoms with Crippen LogP contribution < -0.4 is 0 Å². The molecule has 13 heavy (non-hydrogen) atoms. The standard InChI is InChI=1S/C11H11NS/c1-2-4-9-8(3-1)7-10(9)11-12-5-6-13-11/h1-4,10H,5-7H2. The van der Waals surface area contributed by atoms with Crippen LogP contribution in [0.3, 0.4) is 0 Å². The van der Waals surface area contributed by atoms with Crippen molar-refractivity contribution in [3.05, 3.63) is 35.4 Å². The average molecular weight is 189 g/mol. The van der Waals surface area contributed by atoms with Gasteiger partial charge in [-0.2, -0.15) is 0 Å². The first-order chi connectivity index (χ1) is 6.45. The van der Waals surface area contributed by atoms with Crippen molar-refractivity contribution >= 4 is 16.8 Å². The minimum Gasteiger partial charge on any atom is -0.281 e. The van der Waals surface area contributed by atoms with Crippen LogP contribution in [0.2, 0.25) is 0 Å². The Morgan fingerprint density at radius 1 is 1.31 bits per heavy atom. The Labute approximate surface area is 82.3 Å². The van der Waals surface area contributed by atoms with Crippen molar-refractivity contribution in [2.75, 3.05) is 12.3 Å². The topological polar surface area (TPSA) is 12.4 Å². The predicted octanol–water partition coefficient (Wildman–Crippen LogP) is 2.47. The van der Waals surface area contributed by atoms with Crippen molar-refractivity contribution in [2.24, 2.45) is 4.99 Å². The maximum Gasteiger partial charge on any atom is 0.0755 e. The van der Waals surface area contributed by atoms with Gasteiger partial charge in [0.05, 0.1) is 5.04 Å². The van der Waals surface area contributed by atoms with Crippen LogP contribution in [0.15, 0.2) is 29.3 Å². The third kappa shape index (κ3) is 1.12. The molecule has 1 aromatic rings. The summed E-state index contributed by atoms with van der Waals surface area (Å²) >= 11 is 1.94. The van der Waals surface area contributed by atoms with Crippen molar-refractivity contribution in [2.45, 2.75) is 12.3 Å². The molecular weight excluding hydrogens is 178 g/mol. The first-order valence-corrected chi connectivity index (χ1v) is 5.68. The van der Waals surface area contributed by atoms with E-state index in [1.807, 2.05) is 11.8 Å². The Morgan fingerprint density at radius 3 is 3.00 bits per heavy atom. The van der Waals surface area contributed by atoms with Crippen molar-refractivity contribution in [3.63, 3.8) is 0 Å². The summed E-state index contributed by atoms with van der Waals surface area (Å²) in [6.07, 6.45) is 1.21. The van der Waals surface area contributed by atoms with Gasteiger partial charge in [-0.05, 0) is 17.5 Å². The van der Waals surface area contributed by atoms with Crippen molar-refractivity contribution in [1.82, 2.24) is 0 Å². The van der Waals surface area contributed by atoms with Gasteiger partial charge in [-0.25, -0.2) is 0 Å². The summed E-state index contributed by atoms with van der Waals surface area (Å²) in [6.45, 7) is 1.03. The molecule has 0 spiro atoms. The van der Waals surface area contributed by atoms with Crippen LogP contribution in [-0.4, -0.2) is 17.3 Å². The van der Waals surface area contributed by atoms with Crippen LogP contribution in [0.5, 0.6) is 0 Å². The zero-order valence-electron chi connectivity index (χ0n) is 7.36. The summed E-state index contributed by atoms with van der Waals surface area (Å²) in [6, 6.07) is 8.72. The first kappa shape index (κ1) is 7.63. The zero-order chi connectivity index (χ0) is 8.67. The number of fused-ring (bicyclic) bond motifs is 1. The van der Waals surface area contributed by atoms with Gasteiger partial charge in [0, 0.05) is 18.2 Å². The van der Waals surface area contributed by atoms with Gasteiger partial charge >= 0.3 is 0 Å². The van der Waals surface area contributed by atoms with Gasteiger partial charge in [-0.3, -0.25) is 4.99 Å². The molecular formula is C11H11NS. The smallest absolute Gasteiger partial charge is 0.0755 e. The molecule has 0 aromatic heterocycles. The second-order valence-electron chi connectivity index (χ2n) is 3.52. The molecule has 0 bridgehead atoms. The van der Waals surface area contributed by atoms with Crippen LogP contribution in [0, 0.1) is 0 Å². The summed E-state index contributed by atoms with van der Waals surface area (Å²) in [5.74, 6) is 1.83. The van der Waals surface area contributed by atoms with E-state index in [9.17, 15) is 0 Å². The Bertz CT molecular complexity index is 370. The zero-order valence-corrected chi connectivity index (χ0v) is 8.18. The maximum absolute atomic E-state index is 4.54. The minimum atomic E-state index is 0.642. The van der Waals surface area contributed by atoms with Crippen molar-refractivity contribution in [3.8, 4) is 0 Å². The van der Waals surface area contributed by atoms with Gasteiger partial charge < -0.3 is 0 Å². The van der Waals surface area contributed by atoms with Gasteiger partial charge in [0.1, 0.15) is 0 Å². The predicted molar refractivity (Wildman–Crippen MR) is 57.6 cm³/mol. The lowest BCUT2D eigenvalue weighted by atomic mass is 9.78. The van der Waals surface area contributed by atoms with Gasteiger partial charge in [0.2, 0.25) is 0 Å². The van der Waals surface area contributed by atoms with Gasteiger partial charge in [0.15, 0.2) is 0 Å². The molecule has 66 valence electrons. The summed E-state index contributed by atoms with van der Waals surface area (Å²) in [7, 11) is 0. The molecule has 0 saturated carbocycles. The van der Waals surface area contributed by atoms with E-state index >= 15 is 0 Å². The summed E-state index contributed by atoms with van der Waals surface area (Å²) in [4.78, 5) is 4.54. The lowest BCUT2D eigenvalue weighted by Gasteiger charge is -2.29. The van der Waals surface area contributed by atoms with Gasteiger partial charge in [-0.1, -0.05) is 24.3 Å². The maximum atomic E-state index is 4.54. The highest BCUT2D eigenvalue weighted by Crippen LogP contribution is 2.39. The molecule has 1 nitrogen and oxygen atoms in total.